The van der Waals surface area contributed by atoms with Crippen LogP contribution in [0.1, 0.15) is 23.1 Å². The quantitative estimate of drug-likeness (QED) is 0.857. The zero-order valence-corrected chi connectivity index (χ0v) is 11.0. The van der Waals surface area contributed by atoms with Gasteiger partial charge >= 0.3 is 0 Å². The molecule has 92 valence electrons. The minimum Gasteiger partial charge on any atom is -0.380 e. The van der Waals surface area contributed by atoms with Crippen molar-refractivity contribution in [2.24, 2.45) is 0 Å². The van der Waals surface area contributed by atoms with Gasteiger partial charge in [-0.3, -0.25) is 0 Å². The highest BCUT2D eigenvalue weighted by molar-refractivity contribution is 6.33. The fourth-order valence-electron chi connectivity index (χ4n) is 2.54. The van der Waals surface area contributed by atoms with Gasteiger partial charge in [-0.2, -0.15) is 0 Å². The van der Waals surface area contributed by atoms with Crippen molar-refractivity contribution in [2.75, 3.05) is 5.32 Å². The Morgan fingerprint density at radius 1 is 1.00 bits per heavy atom. The minimum absolute atomic E-state index is 0.777. The lowest BCUT2D eigenvalue weighted by Gasteiger charge is -2.09. The van der Waals surface area contributed by atoms with E-state index in [1.165, 1.54) is 36.0 Å². The van der Waals surface area contributed by atoms with Gasteiger partial charge in [-0.25, -0.2) is 0 Å². The Kier molecular flexibility index (Phi) is 3.24. The van der Waals surface area contributed by atoms with E-state index < -0.39 is 0 Å². The Hall–Kier alpha value is -1.47. The third kappa shape index (κ3) is 2.37. The molecule has 1 aliphatic rings. The summed E-state index contributed by atoms with van der Waals surface area (Å²) in [5.74, 6) is 0. The van der Waals surface area contributed by atoms with Gasteiger partial charge in [-0.1, -0.05) is 41.9 Å². The zero-order chi connectivity index (χ0) is 12.4. The minimum atomic E-state index is 0.777. The first kappa shape index (κ1) is 11.6. The molecule has 0 saturated carbocycles. The summed E-state index contributed by atoms with van der Waals surface area (Å²) >= 11 is 6.12. The highest BCUT2D eigenvalue weighted by Crippen LogP contribution is 2.24. The van der Waals surface area contributed by atoms with Gasteiger partial charge in [0.15, 0.2) is 0 Å². The molecule has 0 saturated heterocycles. The lowest BCUT2D eigenvalue weighted by Crippen LogP contribution is -2.00. The second-order valence-corrected chi connectivity index (χ2v) is 5.20. The van der Waals surface area contributed by atoms with Crippen molar-refractivity contribution in [2.45, 2.75) is 25.8 Å². The van der Waals surface area contributed by atoms with Crippen molar-refractivity contribution >= 4 is 17.3 Å². The molecule has 0 heterocycles. The van der Waals surface area contributed by atoms with Crippen molar-refractivity contribution in [3.63, 3.8) is 0 Å². The first-order chi connectivity index (χ1) is 8.83. The third-order valence-corrected chi connectivity index (χ3v) is 3.85. The fraction of sp³-hybridized carbons (Fsp3) is 0.250. The lowest BCUT2D eigenvalue weighted by molar-refractivity contribution is 0.911. The Morgan fingerprint density at radius 3 is 2.72 bits per heavy atom. The summed E-state index contributed by atoms with van der Waals surface area (Å²) in [6.45, 7) is 0.830. The Bertz CT molecular complexity index is 563. The number of fused-ring (bicyclic) bond motifs is 1. The molecule has 3 rings (SSSR count). The monoisotopic (exact) mass is 257 g/mol. The van der Waals surface area contributed by atoms with Gasteiger partial charge in [0.2, 0.25) is 0 Å². The Morgan fingerprint density at radius 2 is 1.83 bits per heavy atom. The maximum Gasteiger partial charge on any atom is 0.0637 e. The van der Waals surface area contributed by atoms with E-state index in [0.29, 0.717) is 0 Å². The molecule has 0 atom stereocenters. The van der Waals surface area contributed by atoms with Crippen molar-refractivity contribution < 1.29 is 0 Å². The molecule has 0 aliphatic heterocycles. The standard InChI is InChI=1S/C16H16ClN/c17-15-6-1-2-7-16(15)18-11-12-8-9-13-4-3-5-14(13)10-12/h1-2,6-10,18H,3-5,11H2. The summed E-state index contributed by atoms with van der Waals surface area (Å²) in [5.41, 5.74) is 5.38. The molecule has 0 spiro atoms. The number of halogens is 1. The molecule has 2 heteroatoms. The molecule has 0 unspecified atom stereocenters. The molecule has 1 N–H and O–H groups in total. The molecule has 0 radical (unpaired) electrons. The van der Waals surface area contributed by atoms with Gasteiger partial charge in [-0.15, -0.1) is 0 Å². The van der Waals surface area contributed by atoms with Gasteiger partial charge in [0, 0.05) is 6.54 Å². The number of nitrogens with one attached hydrogen (secondary N) is 1. The van der Waals surface area contributed by atoms with Gasteiger partial charge < -0.3 is 5.32 Å². The van der Waals surface area contributed by atoms with Crippen molar-refractivity contribution in [3.8, 4) is 0 Å². The summed E-state index contributed by atoms with van der Waals surface area (Å²) in [6, 6.07) is 14.7. The predicted octanol–water partition coefficient (Wildman–Crippen LogP) is 4.44. The van der Waals surface area contributed by atoms with Gasteiger partial charge in [0.25, 0.3) is 0 Å². The van der Waals surface area contributed by atoms with Crippen LogP contribution in [0.2, 0.25) is 5.02 Å². The summed E-state index contributed by atoms with van der Waals surface area (Å²) < 4.78 is 0. The van der Waals surface area contributed by atoms with E-state index in [4.69, 9.17) is 11.6 Å². The average Bonchev–Trinajstić information content (AvgIpc) is 2.85. The van der Waals surface area contributed by atoms with Crippen LogP contribution in [0, 0.1) is 0 Å². The van der Waals surface area contributed by atoms with E-state index in [2.05, 4.69) is 23.5 Å². The van der Waals surface area contributed by atoms with Crippen LogP contribution >= 0.6 is 11.6 Å². The second kappa shape index (κ2) is 5.03. The molecule has 0 bridgehead atoms. The van der Waals surface area contributed by atoms with Crippen LogP contribution in [0.15, 0.2) is 42.5 Å². The molecular formula is C16H16ClN. The van der Waals surface area contributed by atoms with Crippen LogP contribution in [0.25, 0.3) is 0 Å². The van der Waals surface area contributed by atoms with E-state index >= 15 is 0 Å². The smallest absolute Gasteiger partial charge is 0.0637 e. The Labute approximate surface area is 113 Å². The lowest BCUT2D eigenvalue weighted by atomic mass is 10.1. The second-order valence-electron chi connectivity index (χ2n) is 4.79. The molecule has 1 aliphatic carbocycles. The van der Waals surface area contributed by atoms with Gasteiger partial charge in [-0.05, 0) is 48.1 Å². The largest absolute Gasteiger partial charge is 0.380 e. The maximum atomic E-state index is 6.12. The van der Waals surface area contributed by atoms with E-state index in [1.807, 2.05) is 24.3 Å². The van der Waals surface area contributed by atoms with Gasteiger partial charge in [0.1, 0.15) is 0 Å². The number of benzene rings is 2. The maximum absolute atomic E-state index is 6.12. The summed E-state index contributed by atoms with van der Waals surface area (Å²) in [6.07, 6.45) is 3.78. The number of rotatable bonds is 3. The molecule has 0 amide bonds. The van der Waals surface area contributed by atoms with E-state index in [0.717, 1.165) is 17.3 Å². The summed E-state index contributed by atoms with van der Waals surface area (Å²) in [4.78, 5) is 0. The third-order valence-electron chi connectivity index (χ3n) is 3.52. The normalized spacial score (nSPS) is 13.4. The molecule has 18 heavy (non-hydrogen) atoms. The van der Waals surface area contributed by atoms with E-state index in [9.17, 15) is 0 Å². The molecular weight excluding hydrogens is 242 g/mol. The van der Waals surface area contributed by atoms with Crippen LogP contribution in [-0.2, 0) is 19.4 Å². The van der Waals surface area contributed by atoms with Crippen molar-refractivity contribution in [1.82, 2.24) is 0 Å². The van der Waals surface area contributed by atoms with Crippen LogP contribution in [0.4, 0.5) is 5.69 Å². The molecule has 2 aromatic rings. The first-order valence-electron chi connectivity index (χ1n) is 6.42. The fourth-order valence-corrected chi connectivity index (χ4v) is 2.74. The summed E-state index contributed by atoms with van der Waals surface area (Å²) in [7, 11) is 0. The van der Waals surface area contributed by atoms with E-state index in [-0.39, 0.29) is 0 Å². The van der Waals surface area contributed by atoms with Crippen LogP contribution in [0.5, 0.6) is 0 Å². The van der Waals surface area contributed by atoms with E-state index in [1.54, 1.807) is 0 Å². The van der Waals surface area contributed by atoms with Crippen molar-refractivity contribution in [1.29, 1.82) is 0 Å². The number of hydrogen-bond donors (Lipinski definition) is 1. The van der Waals surface area contributed by atoms with Crippen LogP contribution in [0.3, 0.4) is 0 Å². The number of para-hydroxylation sites is 1. The first-order valence-corrected chi connectivity index (χ1v) is 6.80. The molecule has 1 nitrogen and oxygen atoms in total. The molecule has 0 aromatic heterocycles. The number of anilines is 1. The molecule has 0 fully saturated rings. The molecule has 2 aromatic carbocycles. The highest BCUT2D eigenvalue weighted by Gasteiger charge is 2.10. The SMILES string of the molecule is Clc1ccccc1NCc1ccc2c(c1)CCC2. The highest BCUT2D eigenvalue weighted by atomic mass is 35.5. The zero-order valence-electron chi connectivity index (χ0n) is 10.2. The average molecular weight is 258 g/mol. The van der Waals surface area contributed by atoms with Gasteiger partial charge in [0.05, 0.1) is 10.7 Å². The van der Waals surface area contributed by atoms with Crippen molar-refractivity contribution in [3.05, 3.63) is 64.2 Å². The van der Waals surface area contributed by atoms with Crippen LogP contribution < -0.4 is 5.32 Å². The number of hydrogen-bond acceptors (Lipinski definition) is 1. The van der Waals surface area contributed by atoms with Crippen LogP contribution in [-0.4, -0.2) is 0 Å². The predicted molar refractivity (Wildman–Crippen MR) is 77.2 cm³/mol. The summed E-state index contributed by atoms with van der Waals surface area (Å²) in [5, 5.41) is 4.16. The Balaban J connectivity index is 1.72. The topological polar surface area (TPSA) is 12.0 Å². The number of aryl methyl sites for hydroxylation is 2.